The Balaban J connectivity index is 2.12. The van der Waals surface area contributed by atoms with Gasteiger partial charge < -0.3 is 15.0 Å². The summed E-state index contributed by atoms with van der Waals surface area (Å²) in [4.78, 5) is 30.2. The Morgan fingerprint density at radius 1 is 1.41 bits per heavy atom. The van der Waals surface area contributed by atoms with Gasteiger partial charge in [-0.05, 0) is 26.8 Å². The van der Waals surface area contributed by atoms with E-state index in [1.165, 1.54) is 22.7 Å². The standard InChI is InChI=1S/C16H19ClF3N3O3S/c1-15(2,3)22-12(24)11-6-27-8-23(11)14(25)9-4-10(17)13(21-5-9)26-7-16(18,19)20/h4-5,11H,6-8H2,1-3H3,(H,22,24). The molecule has 2 amide bonds. The highest BCUT2D eigenvalue weighted by atomic mass is 35.5. The summed E-state index contributed by atoms with van der Waals surface area (Å²) in [5, 5.41) is 2.62. The summed E-state index contributed by atoms with van der Waals surface area (Å²) in [6.07, 6.45) is -3.44. The first kappa shape index (κ1) is 21.6. The first-order chi connectivity index (χ1) is 12.4. The highest BCUT2D eigenvalue weighted by Crippen LogP contribution is 2.28. The molecule has 0 aromatic carbocycles. The lowest BCUT2D eigenvalue weighted by Gasteiger charge is -2.27. The fourth-order valence-corrected chi connectivity index (χ4v) is 3.65. The van der Waals surface area contributed by atoms with E-state index in [1.807, 2.05) is 20.8 Å². The summed E-state index contributed by atoms with van der Waals surface area (Å²) < 4.78 is 41.2. The van der Waals surface area contributed by atoms with E-state index < -0.39 is 36.2 Å². The summed E-state index contributed by atoms with van der Waals surface area (Å²) in [5.41, 5.74) is -0.378. The summed E-state index contributed by atoms with van der Waals surface area (Å²) in [6.45, 7) is 3.97. The Morgan fingerprint density at radius 2 is 2.07 bits per heavy atom. The van der Waals surface area contributed by atoms with E-state index in [2.05, 4.69) is 15.0 Å². The molecule has 1 aliphatic heterocycles. The third-order valence-electron chi connectivity index (χ3n) is 3.37. The second-order valence-electron chi connectivity index (χ2n) is 6.94. The Labute approximate surface area is 163 Å². The molecule has 150 valence electrons. The molecule has 0 saturated carbocycles. The van der Waals surface area contributed by atoms with Crippen molar-refractivity contribution in [3.8, 4) is 5.88 Å². The molecule has 2 heterocycles. The van der Waals surface area contributed by atoms with E-state index in [1.54, 1.807) is 0 Å². The number of nitrogens with one attached hydrogen (secondary N) is 1. The SMILES string of the molecule is CC(C)(C)NC(=O)C1CSCN1C(=O)c1cnc(OCC(F)(F)F)c(Cl)c1. The monoisotopic (exact) mass is 425 g/mol. The lowest BCUT2D eigenvalue weighted by molar-refractivity contribution is -0.154. The number of ether oxygens (including phenoxy) is 1. The largest absolute Gasteiger partial charge is 0.467 e. The lowest BCUT2D eigenvalue weighted by atomic mass is 10.1. The van der Waals surface area contributed by atoms with Crippen LogP contribution in [-0.4, -0.2) is 57.7 Å². The predicted molar refractivity (Wildman–Crippen MR) is 96.0 cm³/mol. The molecule has 1 N–H and O–H groups in total. The van der Waals surface area contributed by atoms with E-state index in [9.17, 15) is 22.8 Å². The molecule has 0 radical (unpaired) electrons. The van der Waals surface area contributed by atoms with Crippen molar-refractivity contribution in [3.05, 3.63) is 22.8 Å². The number of aromatic nitrogens is 1. The summed E-state index contributed by atoms with van der Waals surface area (Å²) in [5.74, 6) is -0.411. The molecule has 11 heteroatoms. The Morgan fingerprint density at radius 3 is 2.63 bits per heavy atom. The van der Waals surface area contributed by atoms with Crippen LogP contribution in [0.2, 0.25) is 5.02 Å². The highest BCUT2D eigenvalue weighted by Gasteiger charge is 2.36. The normalized spacial score (nSPS) is 17.7. The van der Waals surface area contributed by atoms with Crippen molar-refractivity contribution in [2.45, 2.75) is 38.5 Å². The van der Waals surface area contributed by atoms with Crippen molar-refractivity contribution in [1.29, 1.82) is 0 Å². The van der Waals surface area contributed by atoms with E-state index in [0.29, 0.717) is 11.6 Å². The van der Waals surface area contributed by atoms with Crippen LogP contribution < -0.4 is 10.1 Å². The molecule has 0 spiro atoms. The number of carbonyl (C=O) groups excluding carboxylic acids is 2. The number of nitrogens with zero attached hydrogens (tertiary/aromatic N) is 2. The summed E-state index contributed by atoms with van der Waals surface area (Å²) in [6, 6.07) is 0.534. The Kier molecular flexibility index (Phi) is 6.51. The van der Waals surface area contributed by atoms with Gasteiger partial charge in [0.25, 0.3) is 5.91 Å². The van der Waals surface area contributed by atoms with Gasteiger partial charge in [0.05, 0.1) is 11.4 Å². The highest BCUT2D eigenvalue weighted by molar-refractivity contribution is 7.99. The number of carbonyl (C=O) groups is 2. The van der Waals surface area contributed by atoms with Crippen LogP contribution in [0, 0.1) is 0 Å². The molecule has 2 rings (SSSR count). The second-order valence-corrected chi connectivity index (χ2v) is 8.35. The minimum absolute atomic E-state index is 0.0652. The number of rotatable bonds is 4. The van der Waals surface area contributed by atoms with Crippen LogP contribution in [0.1, 0.15) is 31.1 Å². The van der Waals surface area contributed by atoms with Crippen molar-refractivity contribution >= 4 is 35.2 Å². The van der Waals surface area contributed by atoms with Gasteiger partial charge in [0, 0.05) is 17.5 Å². The summed E-state index contributed by atoms with van der Waals surface area (Å²) in [7, 11) is 0. The molecule has 0 aliphatic carbocycles. The molecule has 0 bridgehead atoms. The van der Waals surface area contributed by atoms with Gasteiger partial charge in [0.15, 0.2) is 6.61 Å². The molecular weight excluding hydrogens is 407 g/mol. The van der Waals surface area contributed by atoms with Crippen LogP contribution in [0.25, 0.3) is 0 Å². The van der Waals surface area contributed by atoms with E-state index in [4.69, 9.17) is 11.6 Å². The maximum absolute atomic E-state index is 12.7. The van der Waals surface area contributed by atoms with Crippen molar-refractivity contribution in [2.75, 3.05) is 18.2 Å². The molecule has 1 unspecified atom stereocenters. The number of hydrogen-bond acceptors (Lipinski definition) is 5. The first-order valence-corrected chi connectivity index (χ1v) is 9.46. The minimum Gasteiger partial charge on any atom is -0.467 e. The Bertz CT molecular complexity index is 725. The maximum Gasteiger partial charge on any atom is 0.422 e. The van der Waals surface area contributed by atoms with Gasteiger partial charge in [-0.2, -0.15) is 13.2 Å². The van der Waals surface area contributed by atoms with Crippen LogP contribution in [0.3, 0.4) is 0 Å². The molecule has 1 saturated heterocycles. The smallest absolute Gasteiger partial charge is 0.422 e. The zero-order valence-electron chi connectivity index (χ0n) is 14.9. The summed E-state index contributed by atoms with van der Waals surface area (Å²) >= 11 is 7.31. The lowest BCUT2D eigenvalue weighted by Crippen LogP contribution is -2.52. The van der Waals surface area contributed by atoms with Crippen molar-refractivity contribution in [1.82, 2.24) is 15.2 Å². The number of thioether (sulfide) groups is 1. The Hall–Kier alpha value is -1.68. The van der Waals surface area contributed by atoms with Crippen molar-refractivity contribution in [2.24, 2.45) is 0 Å². The van der Waals surface area contributed by atoms with Crippen LogP contribution in [0.5, 0.6) is 5.88 Å². The van der Waals surface area contributed by atoms with Crippen LogP contribution in [-0.2, 0) is 4.79 Å². The zero-order chi connectivity index (χ0) is 20.4. The van der Waals surface area contributed by atoms with E-state index in [0.717, 1.165) is 6.20 Å². The fourth-order valence-electron chi connectivity index (χ4n) is 2.28. The second kappa shape index (κ2) is 8.14. The number of alkyl halides is 3. The van der Waals surface area contributed by atoms with Crippen LogP contribution in [0.4, 0.5) is 13.2 Å². The third kappa shape index (κ3) is 6.17. The molecule has 1 fully saturated rings. The number of halogens is 4. The van der Waals surface area contributed by atoms with Gasteiger partial charge in [0.2, 0.25) is 11.8 Å². The number of pyridine rings is 1. The predicted octanol–water partition coefficient (Wildman–Crippen LogP) is 3.11. The van der Waals surface area contributed by atoms with E-state index in [-0.39, 0.29) is 16.5 Å². The van der Waals surface area contributed by atoms with Gasteiger partial charge in [-0.15, -0.1) is 11.8 Å². The number of hydrogen-bond donors (Lipinski definition) is 1. The molecule has 1 aromatic heterocycles. The van der Waals surface area contributed by atoms with Gasteiger partial charge in [-0.3, -0.25) is 9.59 Å². The zero-order valence-corrected chi connectivity index (χ0v) is 16.5. The molecule has 1 aromatic rings. The van der Waals surface area contributed by atoms with Gasteiger partial charge in [0.1, 0.15) is 11.1 Å². The van der Waals surface area contributed by atoms with Gasteiger partial charge in [-0.1, -0.05) is 11.6 Å². The maximum atomic E-state index is 12.7. The van der Waals surface area contributed by atoms with Crippen molar-refractivity contribution in [3.63, 3.8) is 0 Å². The van der Waals surface area contributed by atoms with Gasteiger partial charge >= 0.3 is 6.18 Å². The van der Waals surface area contributed by atoms with E-state index >= 15 is 0 Å². The average Bonchev–Trinajstić information content (AvgIpc) is 3.00. The quantitative estimate of drug-likeness (QED) is 0.802. The molecule has 27 heavy (non-hydrogen) atoms. The third-order valence-corrected chi connectivity index (χ3v) is 4.65. The first-order valence-electron chi connectivity index (χ1n) is 7.93. The topological polar surface area (TPSA) is 71.5 Å². The molecule has 1 atom stereocenters. The van der Waals surface area contributed by atoms with Crippen LogP contribution >= 0.6 is 23.4 Å². The molecule has 1 aliphatic rings. The average molecular weight is 426 g/mol. The number of amides is 2. The van der Waals surface area contributed by atoms with Crippen molar-refractivity contribution < 1.29 is 27.5 Å². The fraction of sp³-hybridized carbons (Fsp3) is 0.562. The molecule has 6 nitrogen and oxygen atoms in total. The van der Waals surface area contributed by atoms with Gasteiger partial charge in [-0.25, -0.2) is 4.98 Å². The van der Waals surface area contributed by atoms with Crippen LogP contribution in [0.15, 0.2) is 12.3 Å². The minimum atomic E-state index is -4.53. The molecular formula is C16H19ClF3N3O3S.